The van der Waals surface area contributed by atoms with E-state index < -0.39 is 0 Å². The third-order valence-electron chi connectivity index (χ3n) is 4.32. The number of thiazole rings is 1. The van der Waals surface area contributed by atoms with Gasteiger partial charge in [-0.15, -0.1) is 0 Å². The van der Waals surface area contributed by atoms with Gasteiger partial charge in [-0.1, -0.05) is 23.5 Å². The summed E-state index contributed by atoms with van der Waals surface area (Å²) in [5.74, 6) is 1.17. The summed E-state index contributed by atoms with van der Waals surface area (Å²) in [7, 11) is 3.06. The van der Waals surface area contributed by atoms with Crippen LogP contribution in [0.2, 0.25) is 0 Å². The van der Waals surface area contributed by atoms with Gasteiger partial charge < -0.3 is 19.5 Å². The van der Waals surface area contributed by atoms with E-state index in [-0.39, 0.29) is 18.1 Å². The molecule has 31 heavy (non-hydrogen) atoms. The second-order valence-corrected chi connectivity index (χ2v) is 7.36. The summed E-state index contributed by atoms with van der Waals surface area (Å²) in [6.45, 7) is -0.199. The van der Waals surface area contributed by atoms with Gasteiger partial charge in [0.25, 0.3) is 11.5 Å². The molecular formula is C21H18N4O5S. The van der Waals surface area contributed by atoms with Crippen molar-refractivity contribution in [1.82, 2.24) is 14.6 Å². The maximum Gasteiger partial charge on any atom is 0.291 e. The van der Waals surface area contributed by atoms with Crippen molar-refractivity contribution in [3.05, 3.63) is 69.2 Å². The molecule has 0 saturated carbocycles. The number of aromatic nitrogens is 3. The maximum atomic E-state index is 12.3. The minimum atomic E-state index is -0.323. The van der Waals surface area contributed by atoms with Gasteiger partial charge in [0.05, 0.1) is 18.8 Å². The molecule has 0 atom stereocenters. The highest BCUT2D eigenvalue weighted by molar-refractivity contribution is 7.15. The second-order valence-electron chi connectivity index (χ2n) is 6.35. The number of rotatable bonds is 7. The maximum absolute atomic E-state index is 12.3. The minimum Gasteiger partial charge on any atom is -0.497 e. The Kier molecular flexibility index (Phi) is 5.80. The highest BCUT2D eigenvalue weighted by atomic mass is 32.1. The number of hydrogen-bond donors (Lipinski definition) is 1. The molecule has 2 aromatic heterocycles. The van der Waals surface area contributed by atoms with Gasteiger partial charge in [-0.3, -0.25) is 9.59 Å². The number of nitrogens with zero attached hydrogens (tertiary/aromatic N) is 3. The van der Waals surface area contributed by atoms with E-state index in [2.05, 4.69) is 15.4 Å². The normalized spacial score (nSPS) is 11.5. The average molecular weight is 438 g/mol. The first-order valence-electron chi connectivity index (χ1n) is 9.16. The number of carbonyl (C=O) groups excluding carboxylic acids is 1. The van der Waals surface area contributed by atoms with E-state index in [1.807, 2.05) is 0 Å². The van der Waals surface area contributed by atoms with Crippen molar-refractivity contribution in [3.8, 4) is 17.2 Å². The number of amides is 1. The molecule has 0 bridgehead atoms. The fourth-order valence-electron chi connectivity index (χ4n) is 2.86. The minimum absolute atomic E-state index is 0.199. The van der Waals surface area contributed by atoms with Gasteiger partial charge >= 0.3 is 0 Å². The Hall–Kier alpha value is -3.92. The molecule has 158 valence electrons. The summed E-state index contributed by atoms with van der Waals surface area (Å²) in [6.07, 6.45) is 3.07. The van der Waals surface area contributed by atoms with Crippen LogP contribution in [0.3, 0.4) is 0 Å². The van der Waals surface area contributed by atoms with E-state index in [1.54, 1.807) is 55.7 Å². The van der Waals surface area contributed by atoms with Gasteiger partial charge in [0.15, 0.2) is 18.1 Å². The van der Waals surface area contributed by atoms with Crippen LogP contribution >= 0.6 is 11.3 Å². The number of hydrogen-bond acceptors (Lipinski definition) is 8. The molecule has 1 amide bonds. The molecule has 0 aliphatic rings. The highest BCUT2D eigenvalue weighted by Crippen LogP contribution is 2.28. The smallest absolute Gasteiger partial charge is 0.291 e. The molecule has 10 heteroatoms. The van der Waals surface area contributed by atoms with Crippen LogP contribution in [0.4, 0.5) is 5.69 Å². The van der Waals surface area contributed by atoms with E-state index in [9.17, 15) is 9.59 Å². The lowest BCUT2D eigenvalue weighted by molar-refractivity contribution is -0.118. The molecule has 1 N–H and O–H groups in total. The Bertz CT molecular complexity index is 1350. The Labute approximate surface area is 180 Å². The molecule has 0 spiro atoms. The monoisotopic (exact) mass is 438 g/mol. The van der Waals surface area contributed by atoms with E-state index in [0.29, 0.717) is 32.4 Å². The first-order valence-corrected chi connectivity index (χ1v) is 9.98. The standard InChI is InChI=1S/C21H18N4O5S/c1-28-15-5-3-4-14(10-15)24-19(26)11-30-16-7-6-13(8-17(16)29-2)9-18-20(27)25-21(31-18)22-12-23-25/h3-10,12H,11H2,1-2H3,(H,24,26)/b18-9-. The summed E-state index contributed by atoms with van der Waals surface area (Å²) in [6, 6.07) is 12.2. The fraction of sp³-hybridized carbons (Fsp3) is 0.143. The zero-order valence-corrected chi connectivity index (χ0v) is 17.5. The van der Waals surface area contributed by atoms with E-state index in [4.69, 9.17) is 14.2 Å². The van der Waals surface area contributed by atoms with Crippen molar-refractivity contribution in [2.75, 3.05) is 26.1 Å². The SMILES string of the molecule is COc1cccc(NC(=O)COc2ccc(/C=c3\sc4ncnn4c3=O)cc2OC)c1. The van der Waals surface area contributed by atoms with Crippen molar-refractivity contribution >= 4 is 34.0 Å². The molecule has 0 saturated heterocycles. The lowest BCUT2D eigenvalue weighted by atomic mass is 10.2. The first kappa shape index (κ1) is 20.4. The molecule has 0 aliphatic heterocycles. The average Bonchev–Trinajstić information content (AvgIpc) is 3.36. The zero-order valence-electron chi connectivity index (χ0n) is 16.7. The van der Waals surface area contributed by atoms with E-state index in [1.165, 1.54) is 29.3 Å². The van der Waals surface area contributed by atoms with Crippen LogP contribution < -0.4 is 29.6 Å². The zero-order chi connectivity index (χ0) is 21.8. The quantitative estimate of drug-likeness (QED) is 0.469. The molecule has 0 radical (unpaired) electrons. The van der Waals surface area contributed by atoms with E-state index >= 15 is 0 Å². The predicted molar refractivity (Wildman–Crippen MR) is 116 cm³/mol. The molecule has 4 aromatic rings. The predicted octanol–water partition coefficient (Wildman–Crippen LogP) is 1.73. The van der Waals surface area contributed by atoms with Crippen LogP contribution in [0.1, 0.15) is 5.56 Å². The molecule has 2 heterocycles. The van der Waals surface area contributed by atoms with Gasteiger partial charge in [0.1, 0.15) is 12.1 Å². The Morgan fingerprint density at radius 3 is 2.81 bits per heavy atom. The van der Waals surface area contributed by atoms with Crippen LogP contribution in [0.5, 0.6) is 17.2 Å². The van der Waals surface area contributed by atoms with Gasteiger partial charge in [0.2, 0.25) is 4.96 Å². The fourth-order valence-corrected chi connectivity index (χ4v) is 3.75. The highest BCUT2D eigenvalue weighted by Gasteiger charge is 2.10. The molecule has 0 unspecified atom stereocenters. The van der Waals surface area contributed by atoms with Crippen molar-refractivity contribution < 1.29 is 19.0 Å². The molecular weight excluding hydrogens is 420 g/mol. The number of anilines is 1. The first-order chi connectivity index (χ1) is 15.1. The summed E-state index contributed by atoms with van der Waals surface area (Å²) >= 11 is 1.25. The van der Waals surface area contributed by atoms with Crippen molar-refractivity contribution in [2.24, 2.45) is 0 Å². The van der Waals surface area contributed by atoms with Crippen LogP contribution in [-0.4, -0.2) is 41.3 Å². The van der Waals surface area contributed by atoms with Gasteiger partial charge in [-0.2, -0.15) is 9.61 Å². The topological polar surface area (TPSA) is 104 Å². The number of nitrogens with one attached hydrogen (secondary N) is 1. The van der Waals surface area contributed by atoms with Crippen LogP contribution in [-0.2, 0) is 4.79 Å². The largest absolute Gasteiger partial charge is 0.497 e. The molecule has 0 fully saturated rings. The molecule has 2 aromatic carbocycles. The van der Waals surface area contributed by atoms with Crippen molar-refractivity contribution in [1.29, 1.82) is 0 Å². The summed E-state index contributed by atoms with van der Waals surface area (Å²) in [5.41, 5.74) is 1.12. The third kappa shape index (κ3) is 4.48. The summed E-state index contributed by atoms with van der Waals surface area (Å²) < 4.78 is 17.9. The molecule has 0 aliphatic carbocycles. The molecule has 4 rings (SSSR count). The number of ether oxygens (including phenoxy) is 3. The Morgan fingerprint density at radius 1 is 1.16 bits per heavy atom. The summed E-state index contributed by atoms with van der Waals surface area (Å²) in [4.78, 5) is 29.1. The van der Waals surface area contributed by atoms with Crippen molar-refractivity contribution in [3.63, 3.8) is 0 Å². The number of benzene rings is 2. The van der Waals surface area contributed by atoms with Crippen molar-refractivity contribution in [2.45, 2.75) is 0 Å². The lowest BCUT2D eigenvalue weighted by Crippen LogP contribution is -2.23. The summed E-state index contributed by atoms with van der Waals surface area (Å²) in [5, 5.41) is 6.65. The van der Waals surface area contributed by atoms with E-state index in [0.717, 1.165) is 5.56 Å². The number of fused-ring (bicyclic) bond motifs is 1. The number of carbonyl (C=O) groups is 1. The van der Waals surface area contributed by atoms with Crippen LogP contribution in [0.25, 0.3) is 11.0 Å². The third-order valence-corrected chi connectivity index (χ3v) is 5.29. The second kappa shape index (κ2) is 8.84. The van der Waals surface area contributed by atoms with Gasteiger partial charge in [-0.25, -0.2) is 4.98 Å². The number of methoxy groups -OCH3 is 2. The Morgan fingerprint density at radius 2 is 2.03 bits per heavy atom. The Balaban J connectivity index is 1.47. The molecule has 9 nitrogen and oxygen atoms in total. The van der Waals surface area contributed by atoms with Crippen LogP contribution in [0.15, 0.2) is 53.6 Å². The van der Waals surface area contributed by atoms with Gasteiger partial charge in [-0.05, 0) is 35.9 Å². The van der Waals surface area contributed by atoms with Crippen LogP contribution in [0, 0.1) is 0 Å². The van der Waals surface area contributed by atoms with Gasteiger partial charge in [0, 0.05) is 11.8 Å². The lowest BCUT2D eigenvalue weighted by Gasteiger charge is -2.12.